The van der Waals surface area contributed by atoms with E-state index in [4.69, 9.17) is 9.47 Å². The van der Waals surface area contributed by atoms with Gasteiger partial charge in [-0.2, -0.15) is 11.8 Å². The van der Waals surface area contributed by atoms with Crippen molar-refractivity contribution in [3.63, 3.8) is 0 Å². The van der Waals surface area contributed by atoms with Gasteiger partial charge in [-0.15, -0.1) is 0 Å². The zero-order valence-electron chi connectivity index (χ0n) is 17.5. The van der Waals surface area contributed by atoms with Crippen molar-refractivity contribution in [2.24, 2.45) is 0 Å². The molecule has 0 radical (unpaired) electrons. The third-order valence-electron chi connectivity index (χ3n) is 5.29. The molecule has 154 valence electrons. The Morgan fingerprint density at radius 3 is 2.52 bits per heavy atom. The molecular weight excluding hydrogens is 360 g/mol. The maximum Gasteiger partial charge on any atom is 0.161 e. The molecule has 1 saturated heterocycles. The Morgan fingerprint density at radius 1 is 1.19 bits per heavy atom. The molecule has 1 aliphatic rings. The van der Waals surface area contributed by atoms with Gasteiger partial charge in [0.1, 0.15) is 12.7 Å². The fraction of sp³-hybridized carbons (Fsp3) is 0.714. The SMILES string of the molecule is COc1ccc(CN(C)C2CCSCC2)cc1OC[C@@H](O)CN(C)C(C)C. The first kappa shape index (κ1) is 22.3. The van der Waals surface area contributed by atoms with Crippen LogP contribution in [0.3, 0.4) is 0 Å². The third kappa shape index (κ3) is 7.18. The summed E-state index contributed by atoms with van der Waals surface area (Å²) < 4.78 is 11.4. The number of nitrogens with zero attached hydrogens (tertiary/aromatic N) is 2. The third-order valence-corrected chi connectivity index (χ3v) is 6.33. The van der Waals surface area contributed by atoms with Gasteiger partial charge in [0, 0.05) is 25.2 Å². The number of methoxy groups -OCH3 is 1. The van der Waals surface area contributed by atoms with Crippen molar-refractivity contribution < 1.29 is 14.6 Å². The second-order valence-electron chi connectivity index (χ2n) is 7.74. The van der Waals surface area contributed by atoms with Gasteiger partial charge in [-0.25, -0.2) is 0 Å². The van der Waals surface area contributed by atoms with Gasteiger partial charge in [-0.05, 0) is 70.0 Å². The summed E-state index contributed by atoms with van der Waals surface area (Å²) in [5.74, 6) is 3.93. The van der Waals surface area contributed by atoms with Gasteiger partial charge in [0.05, 0.1) is 7.11 Å². The molecule has 0 unspecified atom stereocenters. The van der Waals surface area contributed by atoms with Crippen molar-refractivity contribution in [2.45, 2.75) is 51.4 Å². The number of aliphatic hydroxyl groups excluding tert-OH is 1. The fourth-order valence-electron chi connectivity index (χ4n) is 3.26. The minimum Gasteiger partial charge on any atom is -0.493 e. The Kier molecular flexibility index (Phi) is 9.22. The maximum absolute atomic E-state index is 10.3. The van der Waals surface area contributed by atoms with Crippen LogP contribution in [-0.2, 0) is 6.54 Å². The standard InChI is InChI=1S/C21H36N2O3S/c1-16(2)22(3)14-19(24)15-26-21-12-17(6-7-20(21)25-5)13-23(4)18-8-10-27-11-9-18/h6-7,12,16,18-19,24H,8-11,13-15H2,1-5H3/t19-/m0/s1. The monoisotopic (exact) mass is 396 g/mol. The summed E-state index contributed by atoms with van der Waals surface area (Å²) in [5.41, 5.74) is 1.21. The van der Waals surface area contributed by atoms with Crippen molar-refractivity contribution in [1.82, 2.24) is 9.80 Å². The topological polar surface area (TPSA) is 45.2 Å². The van der Waals surface area contributed by atoms with Crippen LogP contribution in [0.2, 0.25) is 0 Å². The molecule has 27 heavy (non-hydrogen) atoms. The van der Waals surface area contributed by atoms with E-state index >= 15 is 0 Å². The number of likely N-dealkylation sites (N-methyl/N-ethyl adjacent to an activating group) is 1. The number of thioether (sulfide) groups is 1. The molecule has 0 aliphatic carbocycles. The number of benzene rings is 1. The van der Waals surface area contributed by atoms with E-state index in [1.165, 1.54) is 29.9 Å². The molecule has 0 spiro atoms. The zero-order chi connectivity index (χ0) is 19.8. The molecular formula is C21H36N2O3S. The van der Waals surface area contributed by atoms with E-state index in [0.717, 1.165) is 6.54 Å². The van der Waals surface area contributed by atoms with Gasteiger partial charge in [0.25, 0.3) is 0 Å². The molecule has 6 heteroatoms. The van der Waals surface area contributed by atoms with Crippen LogP contribution in [0, 0.1) is 0 Å². The van der Waals surface area contributed by atoms with Crippen LogP contribution in [0.5, 0.6) is 11.5 Å². The molecule has 0 saturated carbocycles. The van der Waals surface area contributed by atoms with Gasteiger partial charge in [-0.1, -0.05) is 6.07 Å². The number of hydrogen-bond donors (Lipinski definition) is 1. The highest BCUT2D eigenvalue weighted by atomic mass is 32.2. The van der Waals surface area contributed by atoms with E-state index in [9.17, 15) is 5.11 Å². The highest BCUT2D eigenvalue weighted by Gasteiger charge is 2.19. The van der Waals surface area contributed by atoms with E-state index in [1.807, 2.05) is 19.2 Å². The van der Waals surface area contributed by atoms with Crippen LogP contribution in [0.15, 0.2) is 18.2 Å². The van der Waals surface area contributed by atoms with Crippen LogP contribution in [0.25, 0.3) is 0 Å². The summed E-state index contributed by atoms with van der Waals surface area (Å²) in [4.78, 5) is 4.55. The Labute approximate surface area is 169 Å². The second kappa shape index (κ2) is 11.1. The van der Waals surface area contributed by atoms with Crippen LogP contribution in [0.4, 0.5) is 0 Å². The Bertz CT molecular complexity index is 564. The molecule has 0 aromatic heterocycles. The predicted molar refractivity (Wildman–Crippen MR) is 114 cm³/mol. The van der Waals surface area contributed by atoms with Gasteiger partial charge < -0.3 is 19.5 Å². The maximum atomic E-state index is 10.3. The number of hydrogen-bond acceptors (Lipinski definition) is 6. The van der Waals surface area contributed by atoms with Gasteiger partial charge in [0.2, 0.25) is 0 Å². The van der Waals surface area contributed by atoms with Gasteiger partial charge in [-0.3, -0.25) is 4.90 Å². The number of aliphatic hydroxyl groups is 1. The minimum atomic E-state index is -0.534. The first-order valence-corrected chi connectivity index (χ1v) is 11.0. The van der Waals surface area contributed by atoms with E-state index in [-0.39, 0.29) is 6.61 Å². The Balaban J connectivity index is 1.95. The highest BCUT2D eigenvalue weighted by Crippen LogP contribution is 2.29. The Morgan fingerprint density at radius 2 is 1.89 bits per heavy atom. The highest BCUT2D eigenvalue weighted by molar-refractivity contribution is 7.99. The summed E-state index contributed by atoms with van der Waals surface area (Å²) in [7, 11) is 5.86. The van der Waals surface area contributed by atoms with Crippen LogP contribution >= 0.6 is 11.8 Å². The second-order valence-corrected chi connectivity index (χ2v) is 8.97. The average molecular weight is 397 g/mol. The molecule has 1 N–H and O–H groups in total. The summed E-state index contributed by atoms with van der Waals surface area (Å²) in [6.45, 7) is 5.96. The first-order chi connectivity index (χ1) is 12.9. The van der Waals surface area contributed by atoms with E-state index < -0.39 is 6.10 Å². The lowest BCUT2D eigenvalue weighted by atomic mass is 10.1. The molecule has 5 nitrogen and oxygen atoms in total. The molecule has 1 aromatic carbocycles. The van der Waals surface area contributed by atoms with Crippen molar-refractivity contribution in [3.05, 3.63) is 23.8 Å². The summed E-state index contributed by atoms with van der Waals surface area (Å²) >= 11 is 2.05. The van der Waals surface area contributed by atoms with E-state index in [2.05, 4.69) is 48.5 Å². The summed E-state index contributed by atoms with van der Waals surface area (Å²) in [6.07, 6.45) is 1.99. The lowest BCUT2D eigenvalue weighted by molar-refractivity contribution is 0.0668. The van der Waals surface area contributed by atoms with Crippen LogP contribution < -0.4 is 9.47 Å². The lowest BCUT2D eigenvalue weighted by Crippen LogP contribution is -2.37. The quantitative estimate of drug-likeness (QED) is 0.656. The van der Waals surface area contributed by atoms with Crippen molar-refractivity contribution in [1.29, 1.82) is 0 Å². The molecule has 0 bridgehead atoms. The fourth-order valence-corrected chi connectivity index (χ4v) is 4.34. The van der Waals surface area contributed by atoms with Crippen molar-refractivity contribution in [3.8, 4) is 11.5 Å². The molecule has 1 aliphatic heterocycles. The van der Waals surface area contributed by atoms with Gasteiger partial charge in [0.15, 0.2) is 11.5 Å². The molecule has 1 atom stereocenters. The van der Waals surface area contributed by atoms with E-state index in [1.54, 1.807) is 7.11 Å². The molecule has 0 amide bonds. The normalized spacial score (nSPS) is 16.9. The predicted octanol–water partition coefficient (Wildman–Crippen LogP) is 3.10. The largest absolute Gasteiger partial charge is 0.493 e. The summed E-state index contributed by atoms with van der Waals surface area (Å²) in [5, 5.41) is 10.3. The van der Waals surface area contributed by atoms with E-state index in [0.29, 0.717) is 30.1 Å². The smallest absolute Gasteiger partial charge is 0.161 e. The average Bonchev–Trinajstić information content (AvgIpc) is 2.67. The van der Waals surface area contributed by atoms with Gasteiger partial charge >= 0.3 is 0 Å². The minimum absolute atomic E-state index is 0.257. The number of ether oxygens (including phenoxy) is 2. The number of rotatable bonds is 10. The first-order valence-electron chi connectivity index (χ1n) is 9.86. The summed E-state index contributed by atoms with van der Waals surface area (Å²) in [6, 6.07) is 7.16. The van der Waals surface area contributed by atoms with Crippen molar-refractivity contribution >= 4 is 11.8 Å². The molecule has 1 heterocycles. The zero-order valence-corrected chi connectivity index (χ0v) is 18.3. The molecule has 1 fully saturated rings. The van der Waals surface area contributed by atoms with Crippen LogP contribution in [-0.4, -0.2) is 79.0 Å². The lowest BCUT2D eigenvalue weighted by Gasteiger charge is -2.31. The van der Waals surface area contributed by atoms with Crippen LogP contribution in [0.1, 0.15) is 32.3 Å². The van der Waals surface area contributed by atoms with Crippen molar-refractivity contribution in [2.75, 3.05) is 45.9 Å². The molecule has 1 aromatic rings. The Hall–Kier alpha value is -0.950. The molecule has 2 rings (SSSR count).